The molecule has 16 heavy (non-hydrogen) atoms. The van der Waals surface area contributed by atoms with E-state index in [0.29, 0.717) is 22.0 Å². The van der Waals surface area contributed by atoms with Crippen molar-refractivity contribution in [2.75, 3.05) is 4.43 Å². The minimum atomic E-state index is 0.537. The lowest BCUT2D eigenvalue weighted by Gasteiger charge is -2.20. The predicted molar refractivity (Wildman–Crippen MR) is 80.8 cm³/mol. The first-order chi connectivity index (χ1) is 7.54. The summed E-state index contributed by atoms with van der Waals surface area (Å²) in [6, 6.07) is 6.30. The smallest absolute Gasteiger partial charge is 0.0595 e. The van der Waals surface area contributed by atoms with Crippen LogP contribution in [-0.2, 0) is 6.54 Å². The van der Waals surface area contributed by atoms with Gasteiger partial charge in [0, 0.05) is 17.0 Å². The molecule has 1 aromatic carbocycles. The fraction of sp³-hybridized carbons (Fsp3) is 0.500. The summed E-state index contributed by atoms with van der Waals surface area (Å²) in [5.74, 6) is 0.639. The van der Waals surface area contributed by atoms with E-state index in [0.717, 1.165) is 11.0 Å². The first kappa shape index (κ1) is 14.6. The molecule has 0 aliphatic heterocycles. The molecule has 1 unspecified atom stereocenters. The zero-order chi connectivity index (χ0) is 12.1. The van der Waals surface area contributed by atoms with Gasteiger partial charge in [0.1, 0.15) is 0 Å². The van der Waals surface area contributed by atoms with Gasteiger partial charge < -0.3 is 5.32 Å². The largest absolute Gasteiger partial charge is 0.309 e. The van der Waals surface area contributed by atoms with E-state index in [9.17, 15) is 0 Å². The van der Waals surface area contributed by atoms with Crippen LogP contribution in [0.25, 0.3) is 0 Å². The third-order valence-electron chi connectivity index (χ3n) is 2.52. The molecule has 0 saturated heterocycles. The number of hydrogen-bond donors (Lipinski definition) is 1. The highest BCUT2D eigenvalue weighted by atomic mass is 127. The maximum Gasteiger partial charge on any atom is 0.0595 e. The molecule has 0 spiro atoms. The van der Waals surface area contributed by atoms with Crippen molar-refractivity contribution in [2.24, 2.45) is 5.92 Å². The average molecular weight is 372 g/mol. The monoisotopic (exact) mass is 371 g/mol. The van der Waals surface area contributed by atoms with Crippen LogP contribution in [0.4, 0.5) is 0 Å². The molecule has 0 radical (unpaired) electrons. The maximum absolute atomic E-state index is 5.96. The van der Waals surface area contributed by atoms with Crippen LogP contribution in [0.2, 0.25) is 10.0 Å². The minimum Gasteiger partial charge on any atom is -0.309 e. The summed E-state index contributed by atoms with van der Waals surface area (Å²) in [6.07, 6.45) is 0. The highest BCUT2D eigenvalue weighted by molar-refractivity contribution is 14.1. The van der Waals surface area contributed by atoms with Crippen LogP contribution in [0.1, 0.15) is 19.4 Å². The fourth-order valence-electron chi connectivity index (χ4n) is 1.37. The summed E-state index contributed by atoms with van der Waals surface area (Å²) in [7, 11) is 0. The van der Waals surface area contributed by atoms with E-state index in [-0.39, 0.29) is 0 Å². The Labute approximate surface area is 121 Å². The van der Waals surface area contributed by atoms with E-state index in [1.54, 1.807) is 0 Å². The maximum atomic E-state index is 5.96. The molecule has 0 aliphatic rings. The van der Waals surface area contributed by atoms with Crippen LogP contribution in [-0.4, -0.2) is 10.5 Å². The molecular weight excluding hydrogens is 356 g/mol. The topological polar surface area (TPSA) is 12.0 Å². The number of hydrogen-bond acceptors (Lipinski definition) is 1. The number of nitrogens with one attached hydrogen (secondary N) is 1. The standard InChI is InChI=1S/C12H16Cl2IN/c1-8(2)12(6-15)16-7-9-3-4-10(13)11(14)5-9/h3-5,8,12,16H,6-7H2,1-2H3. The number of rotatable bonds is 5. The summed E-state index contributed by atoms with van der Waals surface area (Å²) in [6.45, 7) is 5.29. The third kappa shape index (κ3) is 4.40. The van der Waals surface area contributed by atoms with E-state index in [1.165, 1.54) is 5.56 Å². The van der Waals surface area contributed by atoms with Crippen LogP contribution in [0, 0.1) is 5.92 Å². The van der Waals surface area contributed by atoms with Crippen LogP contribution < -0.4 is 5.32 Å². The van der Waals surface area contributed by atoms with Gasteiger partial charge in [0.15, 0.2) is 0 Å². The summed E-state index contributed by atoms with van der Waals surface area (Å²) in [5, 5.41) is 4.76. The Balaban J connectivity index is 2.57. The van der Waals surface area contributed by atoms with Crippen LogP contribution in [0.15, 0.2) is 18.2 Å². The van der Waals surface area contributed by atoms with Crippen LogP contribution >= 0.6 is 45.8 Å². The Bertz CT molecular complexity index is 342. The summed E-state index contributed by atoms with van der Waals surface area (Å²) < 4.78 is 1.11. The lowest BCUT2D eigenvalue weighted by atomic mass is 10.1. The molecule has 0 heterocycles. The highest BCUT2D eigenvalue weighted by Gasteiger charge is 2.10. The molecule has 1 atom stereocenters. The molecule has 0 amide bonds. The van der Waals surface area contributed by atoms with Crippen molar-refractivity contribution in [1.29, 1.82) is 0 Å². The molecular formula is C12H16Cl2IN. The molecule has 1 rings (SSSR count). The molecule has 4 heteroatoms. The second-order valence-electron chi connectivity index (χ2n) is 4.13. The Morgan fingerprint density at radius 1 is 1.25 bits per heavy atom. The Hall–Kier alpha value is 0.490. The Morgan fingerprint density at radius 2 is 1.94 bits per heavy atom. The van der Waals surface area contributed by atoms with Gasteiger partial charge in [-0.3, -0.25) is 0 Å². The first-order valence-electron chi connectivity index (χ1n) is 5.28. The van der Waals surface area contributed by atoms with Crippen molar-refractivity contribution in [2.45, 2.75) is 26.4 Å². The van der Waals surface area contributed by atoms with Gasteiger partial charge >= 0.3 is 0 Å². The van der Waals surface area contributed by atoms with Crippen LogP contribution in [0.5, 0.6) is 0 Å². The molecule has 1 nitrogen and oxygen atoms in total. The normalized spacial score (nSPS) is 13.1. The molecule has 0 saturated carbocycles. The zero-order valence-corrected chi connectivity index (χ0v) is 13.1. The van der Waals surface area contributed by atoms with E-state index in [2.05, 4.69) is 41.8 Å². The Kier molecular flexibility index (Phi) is 6.40. The Morgan fingerprint density at radius 3 is 2.44 bits per heavy atom. The molecule has 90 valence electrons. The lowest BCUT2D eigenvalue weighted by molar-refractivity contribution is 0.436. The van der Waals surface area contributed by atoms with Crippen molar-refractivity contribution in [3.05, 3.63) is 33.8 Å². The van der Waals surface area contributed by atoms with Crippen LogP contribution in [0.3, 0.4) is 0 Å². The van der Waals surface area contributed by atoms with Gasteiger partial charge in [-0.15, -0.1) is 0 Å². The summed E-state index contributed by atoms with van der Waals surface area (Å²) >= 11 is 14.2. The zero-order valence-electron chi connectivity index (χ0n) is 9.43. The third-order valence-corrected chi connectivity index (χ3v) is 4.21. The fourth-order valence-corrected chi connectivity index (χ4v) is 3.02. The summed E-state index contributed by atoms with van der Waals surface area (Å²) in [5.41, 5.74) is 1.17. The molecule has 0 aliphatic carbocycles. The molecule has 0 bridgehead atoms. The number of benzene rings is 1. The van der Waals surface area contributed by atoms with Gasteiger partial charge in [0.05, 0.1) is 10.0 Å². The first-order valence-corrected chi connectivity index (χ1v) is 7.56. The van der Waals surface area contributed by atoms with Crippen molar-refractivity contribution < 1.29 is 0 Å². The second kappa shape index (κ2) is 7.04. The highest BCUT2D eigenvalue weighted by Crippen LogP contribution is 2.22. The van der Waals surface area contributed by atoms with Gasteiger partial charge in [-0.25, -0.2) is 0 Å². The molecule has 1 N–H and O–H groups in total. The molecule has 0 fully saturated rings. The number of alkyl halides is 1. The molecule has 1 aromatic rings. The SMILES string of the molecule is CC(C)C(CI)NCc1ccc(Cl)c(Cl)c1. The van der Waals surface area contributed by atoms with Gasteiger partial charge in [-0.1, -0.05) is 65.7 Å². The van der Waals surface area contributed by atoms with Gasteiger partial charge in [-0.05, 0) is 23.6 Å². The number of halogens is 3. The summed E-state index contributed by atoms with van der Waals surface area (Å²) in [4.78, 5) is 0. The van der Waals surface area contributed by atoms with Crippen molar-refractivity contribution in [3.63, 3.8) is 0 Å². The van der Waals surface area contributed by atoms with Gasteiger partial charge in [0.2, 0.25) is 0 Å². The van der Waals surface area contributed by atoms with Gasteiger partial charge in [-0.2, -0.15) is 0 Å². The van der Waals surface area contributed by atoms with Crippen molar-refractivity contribution in [3.8, 4) is 0 Å². The quantitative estimate of drug-likeness (QED) is 0.591. The van der Waals surface area contributed by atoms with Crippen molar-refractivity contribution >= 4 is 45.8 Å². The van der Waals surface area contributed by atoms with Gasteiger partial charge in [0.25, 0.3) is 0 Å². The van der Waals surface area contributed by atoms with E-state index in [1.807, 2.05) is 18.2 Å². The van der Waals surface area contributed by atoms with E-state index < -0.39 is 0 Å². The van der Waals surface area contributed by atoms with E-state index in [4.69, 9.17) is 23.2 Å². The molecule has 0 aromatic heterocycles. The van der Waals surface area contributed by atoms with E-state index >= 15 is 0 Å². The van der Waals surface area contributed by atoms with Crippen molar-refractivity contribution in [1.82, 2.24) is 5.32 Å². The average Bonchev–Trinajstić information content (AvgIpc) is 2.23. The second-order valence-corrected chi connectivity index (χ2v) is 5.83. The predicted octanol–water partition coefficient (Wildman–Crippen LogP) is 4.54. The lowest BCUT2D eigenvalue weighted by Crippen LogP contribution is -2.34. The minimum absolute atomic E-state index is 0.537.